The minimum atomic E-state index is -0.854. The number of carboxylic acid groups (broad SMARTS) is 1. The molecule has 0 spiro atoms. The third-order valence-electron chi connectivity index (χ3n) is 5.36. The van der Waals surface area contributed by atoms with Crippen LogP contribution in [0.1, 0.15) is 46.6 Å². The summed E-state index contributed by atoms with van der Waals surface area (Å²) in [6, 6.07) is 7.87. The van der Waals surface area contributed by atoms with Crippen molar-refractivity contribution in [2.75, 3.05) is 0 Å². The molecule has 0 fully saturated rings. The van der Waals surface area contributed by atoms with Crippen molar-refractivity contribution in [1.82, 2.24) is 10.4 Å². The van der Waals surface area contributed by atoms with E-state index in [4.69, 9.17) is 5.84 Å². The van der Waals surface area contributed by atoms with Gasteiger partial charge in [0.1, 0.15) is 0 Å². The van der Waals surface area contributed by atoms with Gasteiger partial charge in [-0.15, -0.1) is 11.3 Å². The Balaban J connectivity index is 2.03. The molecule has 0 saturated carbocycles. The number of nitrogens with one attached hydrogen (secondary N) is 1. The number of pyridine rings is 1. The van der Waals surface area contributed by atoms with E-state index in [-0.39, 0.29) is 5.41 Å². The highest BCUT2D eigenvalue weighted by molar-refractivity contribution is 7.16. The van der Waals surface area contributed by atoms with E-state index in [0.717, 1.165) is 51.7 Å². The second-order valence-electron chi connectivity index (χ2n) is 7.91. The molecule has 3 aromatic rings. The van der Waals surface area contributed by atoms with Crippen molar-refractivity contribution in [3.63, 3.8) is 0 Å². The topological polar surface area (TPSA) is 88.2 Å². The molecule has 0 unspecified atom stereocenters. The summed E-state index contributed by atoms with van der Waals surface area (Å²) < 4.78 is 0. The first kappa shape index (κ1) is 18.1. The molecule has 6 heteroatoms. The molecule has 0 amide bonds. The lowest BCUT2D eigenvalue weighted by atomic mass is 9.75. The number of aromatic nitrogens is 1. The van der Waals surface area contributed by atoms with Crippen LogP contribution in [0.5, 0.6) is 0 Å². The number of hydrogen-bond acceptors (Lipinski definition) is 5. The number of nitrogens with zero attached hydrogens (tertiary/aromatic N) is 1. The number of hydrogen-bond donors (Lipinski definition) is 3. The summed E-state index contributed by atoms with van der Waals surface area (Å²) in [5, 5.41) is 11.0. The van der Waals surface area contributed by atoms with E-state index < -0.39 is 5.97 Å². The Labute approximate surface area is 162 Å². The lowest BCUT2D eigenvalue weighted by Gasteiger charge is -2.29. The van der Waals surface area contributed by atoms with E-state index >= 15 is 0 Å². The smallest absolute Gasteiger partial charge is 0.337 e. The van der Waals surface area contributed by atoms with Gasteiger partial charge in [-0.05, 0) is 41.9 Å². The van der Waals surface area contributed by atoms with Gasteiger partial charge in [-0.2, -0.15) is 0 Å². The Hall–Kier alpha value is -2.28. The van der Waals surface area contributed by atoms with Gasteiger partial charge in [0.05, 0.1) is 16.0 Å². The Kier molecular flexibility index (Phi) is 4.50. The number of carbonyl (C=O) groups is 1. The molecular weight excluding hydrogens is 358 g/mol. The zero-order valence-corrected chi connectivity index (χ0v) is 16.3. The summed E-state index contributed by atoms with van der Waals surface area (Å²) in [5.41, 5.74) is 6.99. The standard InChI is InChI=1S/C21H23N3O2S/c1-21(2)8-7-16-14(9-21)18(20(25)26)19(27-16)17-12(11-24-22)10-23-15-6-4-3-5-13(15)17/h3-6,10,24H,7-9,11,22H2,1-2H3,(H,25,26). The predicted molar refractivity (Wildman–Crippen MR) is 109 cm³/mol. The van der Waals surface area contributed by atoms with Crippen molar-refractivity contribution < 1.29 is 9.90 Å². The summed E-state index contributed by atoms with van der Waals surface area (Å²) in [5.74, 6) is 4.74. The number of aromatic carboxylic acids is 1. The number of carboxylic acids is 1. The maximum atomic E-state index is 12.3. The summed E-state index contributed by atoms with van der Waals surface area (Å²) in [6.45, 7) is 4.86. The van der Waals surface area contributed by atoms with Gasteiger partial charge in [0.25, 0.3) is 0 Å². The SMILES string of the molecule is CC1(C)CCc2sc(-c3c(CNN)cnc4ccccc34)c(C(=O)O)c2C1. The maximum Gasteiger partial charge on any atom is 0.337 e. The first-order valence-corrected chi connectivity index (χ1v) is 9.91. The third kappa shape index (κ3) is 3.14. The Morgan fingerprint density at radius 1 is 1.37 bits per heavy atom. The highest BCUT2D eigenvalue weighted by atomic mass is 32.1. The van der Waals surface area contributed by atoms with Gasteiger partial charge in [0, 0.05) is 28.6 Å². The largest absolute Gasteiger partial charge is 0.478 e. The summed E-state index contributed by atoms with van der Waals surface area (Å²) in [4.78, 5) is 18.9. The first-order valence-electron chi connectivity index (χ1n) is 9.09. The molecule has 0 saturated heterocycles. The van der Waals surface area contributed by atoms with Crippen LogP contribution in [0.4, 0.5) is 0 Å². The fourth-order valence-corrected chi connectivity index (χ4v) is 5.42. The molecule has 0 radical (unpaired) electrons. The molecule has 5 nitrogen and oxygen atoms in total. The summed E-state index contributed by atoms with van der Waals surface area (Å²) >= 11 is 1.62. The van der Waals surface area contributed by atoms with Gasteiger partial charge in [-0.3, -0.25) is 16.3 Å². The quantitative estimate of drug-likeness (QED) is 0.467. The molecule has 1 aromatic carbocycles. The fraction of sp³-hybridized carbons (Fsp3) is 0.333. The van der Waals surface area contributed by atoms with Crippen molar-refractivity contribution in [2.24, 2.45) is 11.3 Å². The van der Waals surface area contributed by atoms with Gasteiger partial charge in [0.15, 0.2) is 0 Å². The molecule has 1 aliphatic rings. The number of aryl methyl sites for hydroxylation is 1. The number of rotatable bonds is 4. The van der Waals surface area contributed by atoms with E-state index in [0.29, 0.717) is 12.1 Å². The van der Waals surface area contributed by atoms with Gasteiger partial charge in [-0.1, -0.05) is 32.0 Å². The van der Waals surface area contributed by atoms with Crippen LogP contribution >= 0.6 is 11.3 Å². The van der Waals surface area contributed by atoms with Crippen LogP contribution in [0, 0.1) is 5.41 Å². The van der Waals surface area contributed by atoms with E-state index in [1.165, 1.54) is 4.88 Å². The lowest BCUT2D eigenvalue weighted by Crippen LogP contribution is -2.22. The summed E-state index contributed by atoms with van der Waals surface area (Å²) in [6.07, 6.45) is 4.61. The highest BCUT2D eigenvalue weighted by Gasteiger charge is 2.33. The minimum Gasteiger partial charge on any atom is -0.478 e. The Morgan fingerprint density at radius 3 is 2.89 bits per heavy atom. The van der Waals surface area contributed by atoms with E-state index in [1.54, 1.807) is 17.5 Å². The molecule has 2 aromatic heterocycles. The van der Waals surface area contributed by atoms with Crippen LogP contribution in [0.15, 0.2) is 30.5 Å². The number of fused-ring (bicyclic) bond motifs is 2. The second-order valence-corrected chi connectivity index (χ2v) is 9.02. The van der Waals surface area contributed by atoms with E-state index in [1.807, 2.05) is 24.3 Å². The van der Waals surface area contributed by atoms with Crippen LogP contribution in [-0.2, 0) is 19.4 Å². The number of para-hydroxylation sites is 1. The fourth-order valence-electron chi connectivity index (χ4n) is 4.02. The zero-order valence-electron chi connectivity index (χ0n) is 15.5. The van der Waals surface area contributed by atoms with Gasteiger partial charge >= 0.3 is 5.97 Å². The van der Waals surface area contributed by atoms with Crippen molar-refractivity contribution in [1.29, 1.82) is 0 Å². The molecule has 0 atom stereocenters. The maximum absolute atomic E-state index is 12.3. The second kappa shape index (κ2) is 6.71. The van der Waals surface area contributed by atoms with Gasteiger partial charge < -0.3 is 5.11 Å². The molecule has 4 rings (SSSR count). The Bertz CT molecular complexity index is 1040. The first-order chi connectivity index (χ1) is 12.9. The average molecular weight is 382 g/mol. The molecule has 0 bridgehead atoms. The minimum absolute atomic E-state index is 0.123. The van der Waals surface area contributed by atoms with Crippen molar-refractivity contribution >= 4 is 28.2 Å². The predicted octanol–water partition coefficient (Wildman–Crippen LogP) is 4.14. The van der Waals surface area contributed by atoms with Crippen LogP contribution in [-0.4, -0.2) is 16.1 Å². The third-order valence-corrected chi connectivity index (χ3v) is 6.67. The molecule has 2 heterocycles. The lowest BCUT2D eigenvalue weighted by molar-refractivity contribution is 0.0696. The number of benzene rings is 1. The molecule has 4 N–H and O–H groups in total. The molecule has 140 valence electrons. The number of hydrazine groups is 1. The normalized spacial score (nSPS) is 15.7. The van der Waals surface area contributed by atoms with Crippen molar-refractivity contribution in [2.45, 2.75) is 39.7 Å². The number of thiophene rings is 1. The Morgan fingerprint density at radius 2 is 2.15 bits per heavy atom. The van der Waals surface area contributed by atoms with E-state index in [9.17, 15) is 9.90 Å². The number of nitrogens with two attached hydrogens (primary N) is 1. The van der Waals surface area contributed by atoms with Gasteiger partial charge in [-0.25, -0.2) is 4.79 Å². The molecule has 0 aliphatic heterocycles. The average Bonchev–Trinajstić information content (AvgIpc) is 2.98. The molecule has 27 heavy (non-hydrogen) atoms. The highest BCUT2D eigenvalue weighted by Crippen LogP contribution is 2.47. The van der Waals surface area contributed by atoms with E-state index in [2.05, 4.69) is 24.3 Å². The monoisotopic (exact) mass is 381 g/mol. The van der Waals surface area contributed by atoms with Crippen molar-refractivity contribution in [3.05, 3.63) is 52.0 Å². The molecular formula is C21H23N3O2S. The van der Waals surface area contributed by atoms with Crippen LogP contribution in [0.25, 0.3) is 21.3 Å². The van der Waals surface area contributed by atoms with Crippen LogP contribution in [0.3, 0.4) is 0 Å². The molecule has 1 aliphatic carbocycles. The van der Waals surface area contributed by atoms with Crippen LogP contribution in [0.2, 0.25) is 0 Å². The summed E-state index contributed by atoms with van der Waals surface area (Å²) in [7, 11) is 0. The van der Waals surface area contributed by atoms with Gasteiger partial charge in [0.2, 0.25) is 0 Å². The van der Waals surface area contributed by atoms with Crippen molar-refractivity contribution in [3.8, 4) is 10.4 Å². The van der Waals surface area contributed by atoms with Crippen LogP contribution < -0.4 is 11.3 Å². The zero-order chi connectivity index (χ0) is 19.2.